The van der Waals surface area contributed by atoms with Crippen molar-refractivity contribution in [2.45, 2.75) is 70.3 Å². The number of nitrogens with zero attached hydrogens (tertiary/aromatic N) is 3. The van der Waals surface area contributed by atoms with Crippen LogP contribution in [0.5, 0.6) is 0 Å². The van der Waals surface area contributed by atoms with Crippen molar-refractivity contribution >= 4 is 16.7 Å². The molecule has 1 fully saturated rings. The van der Waals surface area contributed by atoms with Gasteiger partial charge < -0.3 is 10.6 Å². The highest BCUT2D eigenvalue weighted by Gasteiger charge is 2.37. The minimum Gasteiger partial charge on any atom is -0.350 e. The monoisotopic (exact) mass is 366 g/mol. The van der Waals surface area contributed by atoms with Crippen LogP contribution >= 0.6 is 0 Å². The maximum Gasteiger partial charge on any atom is 0.391 e. The molecule has 0 bridgehead atoms. The van der Waals surface area contributed by atoms with Crippen LogP contribution in [0.25, 0.3) is 10.9 Å². The van der Waals surface area contributed by atoms with E-state index >= 15 is 0 Å². The summed E-state index contributed by atoms with van der Waals surface area (Å²) in [5, 5.41) is 0.802. The van der Waals surface area contributed by atoms with Gasteiger partial charge in [0.05, 0.1) is 11.9 Å². The molecule has 0 spiro atoms. The van der Waals surface area contributed by atoms with E-state index in [4.69, 9.17) is 5.73 Å². The van der Waals surface area contributed by atoms with Gasteiger partial charge in [-0.15, -0.1) is 0 Å². The number of hydrogen-bond acceptors (Lipinski definition) is 4. The zero-order valence-corrected chi connectivity index (χ0v) is 15.1. The first-order valence-corrected chi connectivity index (χ1v) is 9.06. The Morgan fingerprint density at radius 3 is 2.54 bits per heavy atom. The first-order chi connectivity index (χ1) is 12.2. The molecule has 3 rings (SSSR count). The standard InChI is InChI=1S/C19H25F3N4/c1-12-3-8-17-16(9-12)18(25-11-24-17)26(13(2)10-19(20,21)22)15-6-4-14(23)5-7-15/h3,8-9,11,13-15H,4-7,10,23H2,1-2H3/t13-,14-,15-/m0/s1. The van der Waals surface area contributed by atoms with Crippen LogP contribution in [0.4, 0.5) is 19.0 Å². The van der Waals surface area contributed by atoms with Crippen molar-refractivity contribution in [2.24, 2.45) is 5.73 Å². The Morgan fingerprint density at radius 1 is 1.19 bits per heavy atom. The van der Waals surface area contributed by atoms with E-state index in [0.29, 0.717) is 5.82 Å². The Labute approximate surface area is 151 Å². The molecule has 1 aliphatic rings. The number of aromatic nitrogens is 2. The van der Waals surface area contributed by atoms with Crippen LogP contribution in [0.3, 0.4) is 0 Å². The normalized spacial score (nSPS) is 22.4. The summed E-state index contributed by atoms with van der Waals surface area (Å²) in [5.74, 6) is 0.593. The van der Waals surface area contributed by atoms with Gasteiger partial charge in [0.1, 0.15) is 12.1 Å². The number of hydrogen-bond donors (Lipinski definition) is 1. The third-order valence-corrected chi connectivity index (χ3v) is 5.15. The van der Waals surface area contributed by atoms with Gasteiger partial charge in [-0.05, 0) is 51.7 Å². The Balaban J connectivity index is 2.04. The summed E-state index contributed by atoms with van der Waals surface area (Å²) in [5.41, 5.74) is 7.78. The molecule has 0 amide bonds. The molecule has 0 aliphatic heterocycles. The second kappa shape index (κ2) is 7.39. The van der Waals surface area contributed by atoms with E-state index in [-0.39, 0.29) is 12.1 Å². The average Bonchev–Trinajstić information content (AvgIpc) is 2.55. The molecule has 1 heterocycles. The summed E-state index contributed by atoms with van der Waals surface area (Å²) < 4.78 is 39.3. The maximum absolute atomic E-state index is 13.1. The molecule has 4 nitrogen and oxygen atoms in total. The van der Waals surface area contributed by atoms with E-state index in [9.17, 15) is 13.2 Å². The Bertz CT molecular complexity index is 754. The molecule has 1 saturated carbocycles. The third kappa shape index (κ3) is 4.26. The van der Waals surface area contributed by atoms with Crippen LogP contribution in [0, 0.1) is 6.92 Å². The van der Waals surface area contributed by atoms with Gasteiger partial charge in [-0.1, -0.05) is 11.6 Å². The number of aryl methyl sites for hydroxylation is 1. The molecule has 142 valence electrons. The fourth-order valence-corrected chi connectivity index (χ4v) is 3.92. The summed E-state index contributed by atoms with van der Waals surface area (Å²) in [6.45, 7) is 3.59. The van der Waals surface area contributed by atoms with Gasteiger partial charge in [-0.3, -0.25) is 0 Å². The summed E-state index contributed by atoms with van der Waals surface area (Å²) in [6, 6.07) is 5.22. The number of fused-ring (bicyclic) bond motifs is 1. The maximum atomic E-state index is 13.1. The van der Waals surface area contributed by atoms with Gasteiger partial charge in [-0.25, -0.2) is 9.97 Å². The predicted molar refractivity (Wildman–Crippen MR) is 97.1 cm³/mol. The highest BCUT2D eigenvalue weighted by molar-refractivity contribution is 5.90. The Kier molecular flexibility index (Phi) is 5.37. The van der Waals surface area contributed by atoms with E-state index in [2.05, 4.69) is 9.97 Å². The van der Waals surface area contributed by atoms with Gasteiger partial charge in [0.2, 0.25) is 0 Å². The molecule has 1 atom stereocenters. The van der Waals surface area contributed by atoms with E-state index in [0.717, 1.165) is 42.1 Å². The van der Waals surface area contributed by atoms with Crippen LogP contribution < -0.4 is 10.6 Å². The van der Waals surface area contributed by atoms with Crippen molar-refractivity contribution in [3.63, 3.8) is 0 Å². The molecule has 2 aromatic rings. The molecule has 7 heteroatoms. The molecule has 0 unspecified atom stereocenters. The van der Waals surface area contributed by atoms with E-state index in [1.165, 1.54) is 6.33 Å². The van der Waals surface area contributed by atoms with Crippen molar-refractivity contribution in [2.75, 3.05) is 4.90 Å². The molecular weight excluding hydrogens is 341 g/mol. The van der Waals surface area contributed by atoms with E-state index in [1.54, 1.807) is 6.92 Å². The summed E-state index contributed by atoms with van der Waals surface area (Å²) in [6.07, 6.45) is -0.450. The lowest BCUT2D eigenvalue weighted by molar-refractivity contribution is -0.137. The molecule has 0 radical (unpaired) electrons. The second-order valence-electron chi connectivity index (χ2n) is 7.36. The molecular formula is C19H25F3N4. The first kappa shape index (κ1) is 18.9. The lowest BCUT2D eigenvalue weighted by Gasteiger charge is -2.41. The lowest BCUT2D eigenvalue weighted by atomic mass is 9.89. The topological polar surface area (TPSA) is 55.0 Å². The molecule has 1 aliphatic carbocycles. The molecule has 2 N–H and O–H groups in total. The Morgan fingerprint density at radius 2 is 1.88 bits per heavy atom. The predicted octanol–water partition coefficient (Wildman–Crippen LogP) is 4.36. The van der Waals surface area contributed by atoms with Crippen molar-refractivity contribution in [1.82, 2.24) is 9.97 Å². The summed E-state index contributed by atoms with van der Waals surface area (Å²) >= 11 is 0. The fourth-order valence-electron chi connectivity index (χ4n) is 3.92. The van der Waals surface area contributed by atoms with E-state index < -0.39 is 18.6 Å². The summed E-state index contributed by atoms with van der Waals surface area (Å²) in [4.78, 5) is 10.6. The van der Waals surface area contributed by atoms with Crippen LogP contribution in [-0.2, 0) is 0 Å². The third-order valence-electron chi connectivity index (χ3n) is 5.15. The highest BCUT2D eigenvalue weighted by atomic mass is 19.4. The van der Waals surface area contributed by atoms with Crippen molar-refractivity contribution < 1.29 is 13.2 Å². The van der Waals surface area contributed by atoms with Gasteiger partial charge in [0.25, 0.3) is 0 Å². The SMILES string of the molecule is Cc1ccc2ncnc(N([C@H]3CC[C@H](N)CC3)[C@@H](C)CC(F)(F)F)c2c1. The smallest absolute Gasteiger partial charge is 0.350 e. The van der Waals surface area contributed by atoms with Crippen LogP contribution in [0.1, 0.15) is 44.6 Å². The highest BCUT2D eigenvalue weighted by Crippen LogP contribution is 2.35. The number of halogens is 3. The molecule has 1 aromatic heterocycles. The zero-order valence-electron chi connectivity index (χ0n) is 15.1. The number of anilines is 1. The number of benzene rings is 1. The van der Waals surface area contributed by atoms with Gasteiger partial charge >= 0.3 is 6.18 Å². The minimum atomic E-state index is -4.22. The summed E-state index contributed by atoms with van der Waals surface area (Å²) in [7, 11) is 0. The van der Waals surface area contributed by atoms with Crippen LogP contribution in [0.15, 0.2) is 24.5 Å². The van der Waals surface area contributed by atoms with Crippen molar-refractivity contribution in [3.05, 3.63) is 30.1 Å². The van der Waals surface area contributed by atoms with Gasteiger partial charge in [0, 0.05) is 23.5 Å². The van der Waals surface area contributed by atoms with Crippen LogP contribution in [0.2, 0.25) is 0 Å². The molecule has 0 saturated heterocycles. The fraction of sp³-hybridized carbons (Fsp3) is 0.579. The van der Waals surface area contributed by atoms with E-state index in [1.807, 2.05) is 30.0 Å². The van der Waals surface area contributed by atoms with Crippen molar-refractivity contribution in [3.8, 4) is 0 Å². The number of rotatable bonds is 4. The first-order valence-electron chi connectivity index (χ1n) is 9.06. The molecule has 1 aromatic carbocycles. The lowest BCUT2D eigenvalue weighted by Crippen LogP contribution is -2.47. The molecule has 26 heavy (non-hydrogen) atoms. The van der Waals surface area contributed by atoms with Gasteiger partial charge in [0.15, 0.2) is 0 Å². The average molecular weight is 366 g/mol. The zero-order chi connectivity index (χ0) is 18.9. The quantitative estimate of drug-likeness (QED) is 0.874. The second-order valence-corrected chi connectivity index (χ2v) is 7.36. The largest absolute Gasteiger partial charge is 0.391 e. The van der Waals surface area contributed by atoms with Crippen LogP contribution in [-0.4, -0.2) is 34.3 Å². The number of nitrogens with two attached hydrogens (primary N) is 1. The minimum absolute atomic E-state index is 0.00534. The van der Waals surface area contributed by atoms with Crippen molar-refractivity contribution in [1.29, 1.82) is 0 Å². The Hall–Kier alpha value is -1.89. The van der Waals surface area contributed by atoms with Gasteiger partial charge in [-0.2, -0.15) is 13.2 Å². The number of alkyl halides is 3.